The normalized spacial score (nSPS) is 20.1. The molecule has 1 aromatic rings. The summed E-state index contributed by atoms with van der Waals surface area (Å²) in [5.41, 5.74) is 1.33. The molecular weight excluding hydrogens is 401 g/mol. The quantitative estimate of drug-likeness (QED) is 0.608. The van der Waals surface area contributed by atoms with Crippen LogP contribution in [-0.2, 0) is 9.59 Å². The third-order valence-corrected chi connectivity index (χ3v) is 5.16. The molecule has 0 bridgehead atoms. The molecule has 0 aromatic heterocycles. The number of hydrogen-bond donors (Lipinski definition) is 3. The van der Waals surface area contributed by atoms with Crippen LogP contribution in [-0.4, -0.2) is 48.1 Å². The van der Waals surface area contributed by atoms with Gasteiger partial charge in [0.05, 0.1) is 6.04 Å². The first-order chi connectivity index (χ1) is 14.1. The van der Waals surface area contributed by atoms with Crippen molar-refractivity contribution < 1.29 is 27.6 Å². The number of nitrogens with one attached hydrogen (secondary N) is 3. The molecule has 1 saturated heterocycles. The lowest BCUT2D eigenvalue weighted by atomic mass is 9.92. The fourth-order valence-electron chi connectivity index (χ4n) is 3.27. The molecule has 3 unspecified atom stereocenters. The Morgan fingerprint density at radius 1 is 1.17 bits per heavy atom. The van der Waals surface area contributed by atoms with E-state index in [1.165, 1.54) is 0 Å². The summed E-state index contributed by atoms with van der Waals surface area (Å²) in [6, 6.07) is 4.26. The van der Waals surface area contributed by atoms with E-state index in [1.54, 1.807) is 36.1 Å². The Bertz CT molecular complexity index is 764. The van der Waals surface area contributed by atoms with Crippen molar-refractivity contribution in [3.05, 3.63) is 29.8 Å². The van der Waals surface area contributed by atoms with E-state index in [1.807, 2.05) is 19.2 Å². The third kappa shape index (κ3) is 5.87. The van der Waals surface area contributed by atoms with Crippen molar-refractivity contribution in [2.75, 3.05) is 18.4 Å². The van der Waals surface area contributed by atoms with Gasteiger partial charge in [-0.15, -0.1) is 0 Å². The van der Waals surface area contributed by atoms with Gasteiger partial charge in [-0.2, -0.15) is 13.2 Å². The molecule has 1 aliphatic heterocycles. The summed E-state index contributed by atoms with van der Waals surface area (Å²) in [6.45, 7) is 6.64. The lowest BCUT2D eigenvalue weighted by Crippen LogP contribution is -2.54. The second-order valence-electron chi connectivity index (χ2n) is 7.19. The Hall–Kier alpha value is -2.78. The first kappa shape index (κ1) is 23.5. The number of carbonyl (C=O) groups is 3. The molecule has 1 aromatic carbocycles. The van der Waals surface area contributed by atoms with Crippen molar-refractivity contribution in [1.29, 1.82) is 0 Å². The average Bonchev–Trinajstić information content (AvgIpc) is 2.68. The van der Waals surface area contributed by atoms with E-state index in [2.05, 4.69) is 10.6 Å². The summed E-state index contributed by atoms with van der Waals surface area (Å²) >= 11 is 0. The van der Waals surface area contributed by atoms with E-state index in [0.29, 0.717) is 18.8 Å². The van der Waals surface area contributed by atoms with Crippen LogP contribution in [0.4, 0.5) is 23.7 Å². The number of alkyl halides is 3. The molecular formula is C20H27F3N4O3. The smallest absolute Gasteiger partial charge is 0.349 e. The van der Waals surface area contributed by atoms with Crippen molar-refractivity contribution in [2.45, 2.75) is 51.9 Å². The minimum Gasteiger partial charge on any atom is -0.349 e. The highest BCUT2D eigenvalue weighted by Crippen LogP contribution is 2.29. The Morgan fingerprint density at radius 3 is 2.27 bits per heavy atom. The van der Waals surface area contributed by atoms with Crippen molar-refractivity contribution >= 4 is 23.5 Å². The maximum Gasteiger partial charge on any atom is 0.408 e. The predicted molar refractivity (Wildman–Crippen MR) is 106 cm³/mol. The highest BCUT2D eigenvalue weighted by molar-refractivity contribution is 6.01. The molecule has 3 atom stereocenters. The lowest BCUT2D eigenvalue weighted by molar-refractivity contribution is -0.171. The van der Waals surface area contributed by atoms with Gasteiger partial charge in [-0.3, -0.25) is 9.59 Å². The Morgan fingerprint density at radius 2 is 1.77 bits per heavy atom. The van der Waals surface area contributed by atoms with E-state index >= 15 is 0 Å². The Labute approximate surface area is 173 Å². The van der Waals surface area contributed by atoms with Crippen LogP contribution < -0.4 is 16.0 Å². The first-order valence-electron chi connectivity index (χ1n) is 9.90. The van der Waals surface area contributed by atoms with Gasteiger partial charge in [0.1, 0.15) is 12.0 Å². The van der Waals surface area contributed by atoms with E-state index in [9.17, 15) is 27.6 Å². The van der Waals surface area contributed by atoms with Gasteiger partial charge in [0, 0.05) is 18.8 Å². The predicted octanol–water partition coefficient (Wildman–Crippen LogP) is 3.19. The number of halogens is 3. The number of anilines is 1. The van der Waals surface area contributed by atoms with Crippen molar-refractivity contribution in [1.82, 2.24) is 15.5 Å². The molecule has 2 rings (SSSR count). The van der Waals surface area contributed by atoms with Gasteiger partial charge in [-0.25, -0.2) is 4.79 Å². The zero-order chi connectivity index (χ0) is 22.5. The van der Waals surface area contributed by atoms with Gasteiger partial charge in [0.25, 0.3) is 0 Å². The number of urea groups is 1. The topological polar surface area (TPSA) is 90.5 Å². The monoisotopic (exact) mass is 428 g/mol. The lowest BCUT2D eigenvalue weighted by Gasteiger charge is -2.30. The Kier molecular flexibility index (Phi) is 7.69. The van der Waals surface area contributed by atoms with Gasteiger partial charge < -0.3 is 20.9 Å². The van der Waals surface area contributed by atoms with Crippen LogP contribution in [0.2, 0.25) is 0 Å². The minimum absolute atomic E-state index is 0.162. The molecule has 166 valence electrons. The molecule has 1 aliphatic rings. The zero-order valence-corrected chi connectivity index (χ0v) is 17.2. The number of piperidine rings is 1. The van der Waals surface area contributed by atoms with E-state index < -0.39 is 36.0 Å². The fourth-order valence-corrected chi connectivity index (χ4v) is 3.27. The van der Waals surface area contributed by atoms with Crippen LogP contribution in [0.1, 0.15) is 45.2 Å². The van der Waals surface area contributed by atoms with Crippen LogP contribution in [0.25, 0.3) is 0 Å². The molecule has 30 heavy (non-hydrogen) atoms. The van der Waals surface area contributed by atoms with Crippen LogP contribution in [0.5, 0.6) is 0 Å². The fraction of sp³-hybridized carbons (Fsp3) is 0.550. The molecule has 0 saturated carbocycles. The van der Waals surface area contributed by atoms with Crippen LogP contribution in [0.15, 0.2) is 24.3 Å². The Balaban J connectivity index is 1.93. The third-order valence-electron chi connectivity index (χ3n) is 5.16. The summed E-state index contributed by atoms with van der Waals surface area (Å²) < 4.78 is 38.2. The maximum atomic E-state index is 12.7. The van der Waals surface area contributed by atoms with Gasteiger partial charge >= 0.3 is 12.2 Å². The number of amides is 4. The van der Waals surface area contributed by atoms with Crippen LogP contribution in [0, 0.1) is 5.92 Å². The molecule has 4 amide bonds. The van der Waals surface area contributed by atoms with E-state index in [-0.39, 0.29) is 18.9 Å². The van der Waals surface area contributed by atoms with Crippen LogP contribution >= 0.6 is 0 Å². The molecule has 7 nitrogen and oxygen atoms in total. The van der Waals surface area contributed by atoms with Crippen molar-refractivity contribution in [2.24, 2.45) is 5.92 Å². The summed E-state index contributed by atoms with van der Waals surface area (Å²) in [6.07, 6.45) is -5.01. The highest BCUT2D eigenvalue weighted by atomic mass is 19.4. The number of hydrogen-bond acceptors (Lipinski definition) is 3. The van der Waals surface area contributed by atoms with Gasteiger partial charge in [-0.05, 0) is 51.3 Å². The molecule has 1 fully saturated rings. The second kappa shape index (κ2) is 9.82. The number of carbonyl (C=O) groups excluding carboxylic acids is 3. The minimum atomic E-state index is -4.52. The summed E-state index contributed by atoms with van der Waals surface area (Å²) in [5.74, 6) is -2.68. The van der Waals surface area contributed by atoms with Gasteiger partial charge in [0.15, 0.2) is 0 Å². The maximum absolute atomic E-state index is 12.7. The largest absolute Gasteiger partial charge is 0.408 e. The number of rotatable bonds is 6. The first-order valence-corrected chi connectivity index (χ1v) is 9.90. The molecule has 0 aliphatic carbocycles. The van der Waals surface area contributed by atoms with Crippen LogP contribution in [0.3, 0.4) is 0 Å². The van der Waals surface area contributed by atoms with Crippen molar-refractivity contribution in [3.63, 3.8) is 0 Å². The molecule has 0 spiro atoms. The van der Waals surface area contributed by atoms with Gasteiger partial charge in [-0.1, -0.05) is 12.1 Å². The molecule has 1 heterocycles. The van der Waals surface area contributed by atoms with E-state index in [4.69, 9.17) is 0 Å². The number of nitrogens with zero attached hydrogens (tertiary/aromatic N) is 1. The summed E-state index contributed by atoms with van der Waals surface area (Å²) in [4.78, 5) is 38.0. The number of benzene rings is 1. The average molecular weight is 428 g/mol. The summed E-state index contributed by atoms with van der Waals surface area (Å²) in [7, 11) is 0. The molecule has 10 heteroatoms. The van der Waals surface area contributed by atoms with E-state index in [0.717, 1.165) is 5.56 Å². The van der Waals surface area contributed by atoms with Gasteiger partial charge in [0.2, 0.25) is 11.8 Å². The second-order valence-corrected chi connectivity index (χ2v) is 7.19. The summed E-state index contributed by atoms with van der Waals surface area (Å²) in [5, 5.41) is 7.33. The standard InChI is InChI=1S/C20H27F3N4O3/c1-4-27(5-2)19(30)25-14-8-6-13(7-9-14)12(3)24-17(28)15-10-11-16(20(21,22)23)26-18(15)29/h6-9,12,15-16H,4-5,10-11H2,1-3H3,(H,24,28)(H,25,30)(H,26,29). The molecule has 3 N–H and O–H groups in total. The highest BCUT2D eigenvalue weighted by Gasteiger charge is 2.46. The SMILES string of the molecule is CCN(CC)C(=O)Nc1ccc(C(C)NC(=O)C2CCC(C(F)(F)F)NC2=O)cc1. The van der Waals surface area contributed by atoms with Crippen molar-refractivity contribution in [3.8, 4) is 0 Å². The molecule has 0 radical (unpaired) electrons. The zero-order valence-electron chi connectivity index (χ0n) is 17.2.